The van der Waals surface area contributed by atoms with E-state index in [1.54, 1.807) is 54.6 Å². The van der Waals surface area contributed by atoms with E-state index in [1.165, 1.54) is 28.8 Å². The van der Waals surface area contributed by atoms with Crippen molar-refractivity contribution in [3.05, 3.63) is 109 Å². The van der Waals surface area contributed by atoms with Gasteiger partial charge in [0.2, 0.25) is 0 Å². The second-order valence-corrected chi connectivity index (χ2v) is 14.8. The van der Waals surface area contributed by atoms with Gasteiger partial charge >= 0.3 is 0 Å². The zero-order valence-corrected chi connectivity index (χ0v) is 26.9. The Hall–Kier alpha value is -4.06. The lowest BCUT2D eigenvalue weighted by atomic mass is 10.1. The fraction of sp³-hybridized carbons (Fsp3) is 0.273. The largest absolute Gasteiger partial charge is 0.384 e. The molecular weight excluding hydrogens is 595 g/mol. The molecule has 0 aliphatic carbocycles. The summed E-state index contributed by atoms with van der Waals surface area (Å²) >= 11 is 0. The van der Waals surface area contributed by atoms with Gasteiger partial charge in [-0.1, -0.05) is 66.7 Å². The van der Waals surface area contributed by atoms with E-state index in [0.29, 0.717) is 48.8 Å². The highest BCUT2D eigenvalue weighted by atomic mass is 32.2. The summed E-state index contributed by atoms with van der Waals surface area (Å²) in [5, 5.41) is 3.35. The van der Waals surface area contributed by atoms with E-state index in [4.69, 9.17) is 0 Å². The van der Waals surface area contributed by atoms with Crippen LogP contribution in [0, 0.1) is 0 Å². The summed E-state index contributed by atoms with van der Waals surface area (Å²) in [4.78, 5) is 4.07. The van der Waals surface area contributed by atoms with Gasteiger partial charge in [0.25, 0.3) is 20.0 Å². The number of rotatable bonds is 11. The summed E-state index contributed by atoms with van der Waals surface area (Å²) < 4.78 is 59.7. The summed E-state index contributed by atoms with van der Waals surface area (Å²) in [5.41, 5.74) is 2.89. The molecule has 1 heterocycles. The Kier molecular flexibility index (Phi) is 9.48. The van der Waals surface area contributed by atoms with Crippen LogP contribution >= 0.6 is 0 Å². The Balaban J connectivity index is 1.66. The molecule has 0 aromatic heterocycles. The maximum Gasteiger partial charge on any atom is 0.266 e. The molecule has 5 rings (SSSR count). The average Bonchev–Trinajstić information content (AvgIpc) is 3.05. The Bertz CT molecular complexity index is 1760. The Morgan fingerprint density at radius 2 is 1.14 bits per heavy atom. The molecule has 4 aromatic carbocycles. The molecule has 1 fully saturated rings. The predicted octanol–water partition coefficient (Wildman–Crippen LogP) is 4.74. The topological polar surface area (TPSA) is 93.3 Å². The molecular formula is C33H39N5O4S2. The molecule has 0 bridgehead atoms. The smallest absolute Gasteiger partial charge is 0.266 e. The van der Waals surface area contributed by atoms with Crippen molar-refractivity contribution in [3.63, 3.8) is 0 Å². The van der Waals surface area contributed by atoms with Crippen molar-refractivity contribution in [2.45, 2.75) is 16.2 Å². The van der Waals surface area contributed by atoms with Gasteiger partial charge < -0.3 is 15.1 Å². The highest BCUT2D eigenvalue weighted by Gasteiger charge is 2.34. The monoisotopic (exact) mass is 633 g/mol. The van der Waals surface area contributed by atoms with Gasteiger partial charge in [0.1, 0.15) is 9.79 Å². The molecule has 1 aliphatic heterocycles. The molecule has 1 saturated heterocycles. The normalized spacial score (nSPS) is 14.3. The fourth-order valence-corrected chi connectivity index (χ4v) is 8.10. The Morgan fingerprint density at radius 3 is 1.66 bits per heavy atom. The standard InChI is InChI=1S/C33H39N5O4S2/c1-35-21-23-38(24-22-35)31-25-30(34-20-19-27-13-7-4-8-14-27)32(43(39,40)36(2)28-15-9-5-10-16-28)26-33(31)44(41,42)37(3)29-17-11-6-12-18-29/h4-18,25-26,34H,19-24H2,1-3H3. The van der Waals surface area contributed by atoms with Crippen LogP contribution in [0.15, 0.2) is 113 Å². The third-order valence-electron chi connectivity index (χ3n) is 7.99. The number of hydrogen-bond donors (Lipinski definition) is 1. The molecule has 232 valence electrons. The maximum atomic E-state index is 14.3. The highest BCUT2D eigenvalue weighted by Crippen LogP contribution is 2.38. The van der Waals surface area contributed by atoms with Gasteiger partial charge in [-0.25, -0.2) is 16.8 Å². The van der Waals surface area contributed by atoms with Crippen molar-refractivity contribution in [2.24, 2.45) is 0 Å². The molecule has 0 saturated carbocycles. The molecule has 0 spiro atoms. The van der Waals surface area contributed by atoms with E-state index in [1.807, 2.05) is 54.4 Å². The number of nitrogens with one attached hydrogen (secondary N) is 1. The molecule has 1 aliphatic rings. The zero-order valence-electron chi connectivity index (χ0n) is 25.3. The lowest BCUT2D eigenvalue weighted by Gasteiger charge is -2.36. The molecule has 9 nitrogen and oxygen atoms in total. The first-order valence-electron chi connectivity index (χ1n) is 14.6. The van der Waals surface area contributed by atoms with Crippen LogP contribution in [0.2, 0.25) is 0 Å². The molecule has 44 heavy (non-hydrogen) atoms. The van der Waals surface area contributed by atoms with E-state index in [0.717, 1.165) is 18.7 Å². The van der Waals surface area contributed by atoms with Gasteiger partial charge in [-0.15, -0.1) is 0 Å². The minimum absolute atomic E-state index is 0.0537. The van der Waals surface area contributed by atoms with Crippen LogP contribution in [0.1, 0.15) is 5.56 Å². The number of sulfonamides is 2. The lowest BCUT2D eigenvalue weighted by molar-refractivity contribution is 0.312. The van der Waals surface area contributed by atoms with Crippen LogP contribution in [-0.4, -0.2) is 75.6 Å². The van der Waals surface area contributed by atoms with Gasteiger partial charge in [-0.3, -0.25) is 8.61 Å². The number of para-hydroxylation sites is 2. The summed E-state index contributed by atoms with van der Waals surface area (Å²) in [6.45, 7) is 3.17. The number of hydrogen-bond acceptors (Lipinski definition) is 7. The molecule has 0 amide bonds. The number of nitrogens with zero attached hydrogens (tertiary/aromatic N) is 4. The summed E-state index contributed by atoms with van der Waals surface area (Å²) in [6.07, 6.45) is 0.662. The summed E-state index contributed by atoms with van der Waals surface area (Å²) in [5.74, 6) is 0. The maximum absolute atomic E-state index is 14.3. The number of likely N-dealkylation sites (N-methyl/N-ethyl adjacent to an activating group) is 1. The van der Waals surface area contributed by atoms with E-state index in [-0.39, 0.29) is 9.79 Å². The van der Waals surface area contributed by atoms with Crippen molar-refractivity contribution < 1.29 is 16.8 Å². The van der Waals surface area contributed by atoms with Crippen LogP contribution in [0.4, 0.5) is 22.7 Å². The first kappa shape index (κ1) is 31.4. The van der Waals surface area contributed by atoms with E-state index in [9.17, 15) is 16.8 Å². The van der Waals surface area contributed by atoms with Crippen molar-refractivity contribution in [2.75, 3.05) is 72.7 Å². The second-order valence-electron chi connectivity index (χ2n) is 10.9. The minimum atomic E-state index is -4.19. The molecule has 1 N–H and O–H groups in total. The first-order chi connectivity index (χ1) is 21.1. The Morgan fingerprint density at radius 1 is 0.659 bits per heavy atom. The van der Waals surface area contributed by atoms with Crippen molar-refractivity contribution in [1.29, 1.82) is 0 Å². The lowest BCUT2D eigenvalue weighted by Crippen LogP contribution is -2.45. The van der Waals surface area contributed by atoms with Crippen LogP contribution in [0.5, 0.6) is 0 Å². The Labute approximate surface area is 261 Å². The molecule has 4 aromatic rings. The fourth-order valence-electron chi connectivity index (χ4n) is 5.24. The molecule has 0 atom stereocenters. The predicted molar refractivity (Wildman–Crippen MR) is 179 cm³/mol. The third-order valence-corrected chi connectivity index (χ3v) is 11.6. The van der Waals surface area contributed by atoms with E-state index in [2.05, 4.69) is 10.2 Å². The van der Waals surface area contributed by atoms with E-state index >= 15 is 0 Å². The SMILES string of the molecule is CN1CCN(c2cc(NCCc3ccccc3)c(S(=O)(=O)N(C)c3ccccc3)cc2S(=O)(=O)N(C)c2ccccc2)CC1. The average molecular weight is 634 g/mol. The van der Waals surface area contributed by atoms with Crippen molar-refractivity contribution >= 4 is 42.8 Å². The van der Waals surface area contributed by atoms with Crippen LogP contribution in [-0.2, 0) is 26.5 Å². The quantitative estimate of drug-likeness (QED) is 0.255. The van der Waals surface area contributed by atoms with Gasteiger partial charge in [-0.2, -0.15) is 0 Å². The van der Waals surface area contributed by atoms with Gasteiger partial charge in [-0.05, 0) is 55.4 Å². The highest BCUT2D eigenvalue weighted by molar-refractivity contribution is 7.93. The van der Waals surface area contributed by atoms with Gasteiger partial charge in [0.05, 0.1) is 22.7 Å². The number of anilines is 4. The van der Waals surface area contributed by atoms with Crippen molar-refractivity contribution in [1.82, 2.24) is 4.90 Å². The molecule has 0 unspecified atom stereocenters. The minimum Gasteiger partial charge on any atom is -0.384 e. The van der Waals surface area contributed by atoms with Gasteiger partial charge in [0.15, 0.2) is 0 Å². The summed E-state index contributed by atoms with van der Waals surface area (Å²) in [6, 6.07) is 30.5. The van der Waals surface area contributed by atoms with Crippen LogP contribution in [0.25, 0.3) is 0 Å². The van der Waals surface area contributed by atoms with Crippen molar-refractivity contribution in [3.8, 4) is 0 Å². The zero-order chi connectivity index (χ0) is 31.3. The van der Waals surface area contributed by atoms with Crippen LogP contribution < -0.4 is 18.8 Å². The molecule has 11 heteroatoms. The molecule has 0 radical (unpaired) electrons. The van der Waals surface area contributed by atoms with Crippen LogP contribution in [0.3, 0.4) is 0 Å². The van der Waals surface area contributed by atoms with Gasteiger partial charge in [0, 0.05) is 46.8 Å². The summed E-state index contributed by atoms with van der Waals surface area (Å²) in [7, 11) is -3.35. The second kappa shape index (κ2) is 13.3. The number of benzene rings is 4. The number of piperazine rings is 1. The van der Waals surface area contributed by atoms with E-state index < -0.39 is 20.0 Å². The third kappa shape index (κ3) is 6.69. The first-order valence-corrected chi connectivity index (χ1v) is 17.4.